The molecule has 5 heteroatoms. The summed E-state index contributed by atoms with van der Waals surface area (Å²) in [6, 6.07) is 5.08. The van der Waals surface area contributed by atoms with E-state index in [4.69, 9.17) is 5.26 Å². The molecule has 74 valence electrons. The summed E-state index contributed by atoms with van der Waals surface area (Å²) in [5.41, 5.74) is 0.173. The highest BCUT2D eigenvalue weighted by atomic mass is 19.1. The minimum absolute atomic E-state index is 0.0234. The van der Waals surface area contributed by atoms with Gasteiger partial charge in [0.25, 0.3) is 11.8 Å². The molecule has 1 aromatic rings. The third-order valence-corrected chi connectivity index (χ3v) is 2.16. The summed E-state index contributed by atoms with van der Waals surface area (Å²) in [4.78, 5) is 23.9. The molecule has 1 aromatic carbocycles. The summed E-state index contributed by atoms with van der Waals surface area (Å²) in [5.74, 6) is -1.73. The molecule has 0 aliphatic carbocycles. The monoisotopic (exact) mass is 204 g/mol. The van der Waals surface area contributed by atoms with Gasteiger partial charge in [0.05, 0.1) is 17.2 Å². The van der Waals surface area contributed by atoms with Crippen LogP contribution in [-0.2, 0) is 0 Å². The zero-order chi connectivity index (χ0) is 11.0. The Kier molecular flexibility index (Phi) is 1.97. The van der Waals surface area contributed by atoms with Crippen LogP contribution in [0, 0.1) is 17.1 Å². The predicted octanol–water partition coefficient (Wildman–Crippen LogP) is 0.945. The van der Waals surface area contributed by atoms with E-state index < -0.39 is 17.6 Å². The van der Waals surface area contributed by atoms with Gasteiger partial charge in [-0.05, 0) is 18.2 Å². The van der Waals surface area contributed by atoms with Crippen LogP contribution >= 0.6 is 0 Å². The molecule has 1 aliphatic rings. The highest BCUT2D eigenvalue weighted by molar-refractivity contribution is 6.21. The van der Waals surface area contributed by atoms with E-state index in [1.54, 1.807) is 6.07 Å². The first-order chi connectivity index (χ1) is 7.15. The topological polar surface area (TPSA) is 61.2 Å². The Morgan fingerprint density at radius 3 is 2.60 bits per heavy atom. The number of fused-ring (bicyclic) bond motifs is 1. The van der Waals surface area contributed by atoms with Gasteiger partial charge in [0, 0.05) is 0 Å². The van der Waals surface area contributed by atoms with Crippen LogP contribution < -0.4 is 0 Å². The molecule has 0 N–H and O–H groups in total. The number of carbonyl (C=O) groups is 2. The number of amides is 2. The molecule has 0 aromatic heterocycles. The summed E-state index contributed by atoms with van der Waals surface area (Å²) >= 11 is 0. The van der Waals surface area contributed by atoms with E-state index in [0.717, 1.165) is 17.0 Å². The Morgan fingerprint density at radius 2 is 1.93 bits per heavy atom. The van der Waals surface area contributed by atoms with Crippen molar-refractivity contribution in [1.29, 1.82) is 5.26 Å². The van der Waals surface area contributed by atoms with Crippen LogP contribution in [0.3, 0.4) is 0 Å². The van der Waals surface area contributed by atoms with Gasteiger partial charge >= 0.3 is 0 Å². The Hall–Kier alpha value is -2.22. The average Bonchev–Trinajstić information content (AvgIpc) is 2.44. The lowest BCUT2D eigenvalue weighted by Gasteiger charge is -2.06. The Bertz CT molecular complexity index is 505. The molecular weight excluding hydrogens is 199 g/mol. The van der Waals surface area contributed by atoms with Crippen LogP contribution in [0.25, 0.3) is 0 Å². The smallest absolute Gasteiger partial charge is 0.262 e. The van der Waals surface area contributed by atoms with Gasteiger partial charge in [-0.1, -0.05) is 0 Å². The lowest BCUT2D eigenvalue weighted by atomic mass is 10.1. The van der Waals surface area contributed by atoms with Crippen LogP contribution in [0.15, 0.2) is 18.2 Å². The van der Waals surface area contributed by atoms with E-state index >= 15 is 0 Å². The molecule has 0 saturated heterocycles. The SMILES string of the molecule is N#CCN1C(=O)c2ccc(F)cc2C1=O. The Labute approximate surface area is 84.5 Å². The van der Waals surface area contributed by atoms with Crippen molar-refractivity contribution in [3.63, 3.8) is 0 Å². The average molecular weight is 204 g/mol. The molecule has 0 radical (unpaired) electrons. The molecule has 15 heavy (non-hydrogen) atoms. The Morgan fingerprint density at radius 1 is 1.27 bits per heavy atom. The van der Waals surface area contributed by atoms with E-state index in [1.165, 1.54) is 6.07 Å². The Balaban J connectivity index is 2.52. The molecule has 0 spiro atoms. The number of rotatable bonds is 1. The molecule has 4 nitrogen and oxygen atoms in total. The van der Waals surface area contributed by atoms with Crippen molar-refractivity contribution in [2.24, 2.45) is 0 Å². The molecule has 2 amide bonds. The lowest BCUT2D eigenvalue weighted by molar-refractivity contribution is 0.0674. The highest BCUT2D eigenvalue weighted by Gasteiger charge is 2.35. The number of halogens is 1. The fraction of sp³-hybridized carbons (Fsp3) is 0.100. The van der Waals surface area contributed by atoms with Crippen molar-refractivity contribution in [2.75, 3.05) is 6.54 Å². The van der Waals surface area contributed by atoms with Gasteiger partial charge in [0.15, 0.2) is 0 Å². The minimum Gasteiger partial charge on any atom is -0.269 e. The fourth-order valence-electron chi connectivity index (χ4n) is 1.48. The number of benzene rings is 1. The molecule has 2 rings (SSSR count). The summed E-state index contributed by atoms with van der Waals surface area (Å²) in [6.45, 7) is -0.312. The van der Waals surface area contributed by atoms with Crippen LogP contribution in [-0.4, -0.2) is 23.3 Å². The maximum Gasteiger partial charge on any atom is 0.262 e. The third-order valence-electron chi connectivity index (χ3n) is 2.16. The quantitative estimate of drug-likeness (QED) is 0.505. The first-order valence-electron chi connectivity index (χ1n) is 4.18. The van der Waals surface area contributed by atoms with Crippen LogP contribution in [0.5, 0.6) is 0 Å². The number of nitrogens with zero attached hydrogens (tertiary/aromatic N) is 2. The minimum atomic E-state index is -0.615. The van der Waals surface area contributed by atoms with Crippen LogP contribution in [0.4, 0.5) is 4.39 Å². The molecule has 0 unspecified atom stereocenters. The number of hydrogen-bond donors (Lipinski definition) is 0. The second-order valence-electron chi connectivity index (χ2n) is 3.04. The maximum atomic E-state index is 12.8. The summed E-state index contributed by atoms with van der Waals surface area (Å²) < 4.78 is 12.8. The van der Waals surface area contributed by atoms with Crippen molar-refractivity contribution in [3.05, 3.63) is 35.1 Å². The highest BCUT2D eigenvalue weighted by Crippen LogP contribution is 2.22. The van der Waals surface area contributed by atoms with E-state index in [2.05, 4.69) is 0 Å². The van der Waals surface area contributed by atoms with Crippen molar-refractivity contribution >= 4 is 11.8 Å². The van der Waals surface area contributed by atoms with Gasteiger partial charge < -0.3 is 0 Å². The maximum absolute atomic E-state index is 12.8. The van der Waals surface area contributed by atoms with Crippen molar-refractivity contribution in [2.45, 2.75) is 0 Å². The molecule has 0 atom stereocenters. The predicted molar refractivity (Wildman–Crippen MR) is 47.4 cm³/mol. The zero-order valence-electron chi connectivity index (χ0n) is 7.53. The normalized spacial score (nSPS) is 14.0. The molecular formula is C10H5FN2O2. The standard InChI is InChI=1S/C10H5FN2O2/c11-6-1-2-7-8(5-6)10(15)13(4-3-12)9(7)14/h1-2,5H,4H2. The molecule has 0 fully saturated rings. The lowest BCUT2D eigenvalue weighted by Crippen LogP contribution is -2.29. The first-order valence-corrected chi connectivity index (χ1v) is 4.18. The largest absolute Gasteiger partial charge is 0.269 e. The van der Waals surface area contributed by atoms with E-state index in [1.807, 2.05) is 0 Å². The van der Waals surface area contributed by atoms with Gasteiger partial charge in [-0.2, -0.15) is 5.26 Å². The second kappa shape index (κ2) is 3.17. The number of imide groups is 1. The van der Waals surface area contributed by atoms with Gasteiger partial charge in [-0.15, -0.1) is 0 Å². The first kappa shape index (κ1) is 9.34. The summed E-state index contributed by atoms with van der Waals surface area (Å²) in [7, 11) is 0. The fourth-order valence-corrected chi connectivity index (χ4v) is 1.48. The summed E-state index contributed by atoms with van der Waals surface area (Å²) in [6.07, 6.45) is 0. The molecule has 1 heterocycles. The zero-order valence-corrected chi connectivity index (χ0v) is 7.53. The number of nitriles is 1. The number of carbonyl (C=O) groups excluding carboxylic acids is 2. The molecule has 0 bridgehead atoms. The van der Waals surface area contributed by atoms with E-state index in [0.29, 0.717) is 0 Å². The third kappa shape index (κ3) is 1.27. The van der Waals surface area contributed by atoms with Gasteiger partial charge in [-0.25, -0.2) is 4.39 Å². The summed E-state index contributed by atoms with van der Waals surface area (Å²) in [5, 5.41) is 8.43. The van der Waals surface area contributed by atoms with Gasteiger partial charge in [-0.3, -0.25) is 14.5 Å². The van der Waals surface area contributed by atoms with E-state index in [-0.39, 0.29) is 17.7 Å². The van der Waals surface area contributed by atoms with Crippen molar-refractivity contribution < 1.29 is 14.0 Å². The van der Waals surface area contributed by atoms with Crippen LogP contribution in [0.2, 0.25) is 0 Å². The number of hydrogen-bond acceptors (Lipinski definition) is 3. The molecule has 1 aliphatic heterocycles. The van der Waals surface area contributed by atoms with Crippen LogP contribution in [0.1, 0.15) is 20.7 Å². The van der Waals surface area contributed by atoms with Gasteiger partial charge in [0.2, 0.25) is 0 Å². The van der Waals surface area contributed by atoms with Gasteiger partial charge in [0.1, 0.15) is 12.4 Å². The van der Waals surface area contributed by atoms with Crippen molar-refractivity contribution in [1.82, 2.24) is 4.90 Å². The molecule has 0 saturated carbocycles. The van der Waals surface area contributed by atoms with E-state index in [9.17, 15) is 14.0 Å². The van der Waals surface area contributed by atoms with Crippen molar-refractivity contribution in [3.8, 4) is 6.07 Å². The second-order valence-corrected chi connectivity index (χ2v) is 3.04.